The first-order chi connectivity index (χ1) is 15.1. The number of hydrogen-bond acceptors (Lipinski definition) is 7. The lowest BCUT2D eigenvalue weighted by Gasteiger charge is -2.31. The lowest BCUT2D eigenvalue weighted by molar-refractivity contribution is -0.0367. The lowest BCUT2D eigenvalue weighted by Crippen LogP contribution is -2.42. The van der Waals surface area contributed by atoms with Gasteiger partial charge in [0, 0.05) is 17.7 Å². The molecule has 1 aliphatic rings. The van der Waals surface area contributed by atoms with Crippen molar-refractivity contribution in [1.82, 2.24) is 25.0 Å². The van der Waals surface area contributed by atoms with Gasteiger partial charge in [-0.25, -0.2) is 4.98 Å². The highest BCUT2D eigenvalue weighted by Crippen LogP contribution is 2.26. The highest BCUT2D eigenvalue weighted by atomic mass is 16.5. The summed E-state index contributed by atoms with van der Waals surface area (Å²) in [7, 11) is 1.60. The van der Waals surface area contributed by atoms with Crippen LogP contribution in [0, 0.1) is 6.92 Å². The molecule has 9 heteroatoms. The van der Waals surface area contributed by atoms with Crippen LogP contribution in [-0.2, 0) is 4.74 Å². The van der Waals surface area contributed by atoms with Gasteiger partial charge in [0.25, 0.3) is 11.8 Å². The predicted molar refractivity (Wildman–Crippen MR) is 112 cm³/mol. The minimum Gasteiger partial charge on any atom is -0.497 e. The smallest absolute Gasteiger partial charge is 0.257 e. The van der Waals surface area contributed by atoms with Crippen molar-refractivity contribution in [1.29, 1.82) is 0 Å². The SMILES string of the molecule is COc1cccc(-c2noc([C@@H]3CN(C(=O)c4ccc5nc(C)[nH]c5c4)CCO3)n2)c1. The van der Waals surface area contributed by atoms with Crippen LogP contribution in [0.3, 0.4) is 0 Å². The lowest BCUT2D eigenvalue weighted by atomic mass is 10.1. The van der Waals surface area contributed by atoms with Gasteiger partial charge >= 0.3 is 0 Å². The van der Waals surface area contributed by atoms with Crippen LogP contribution in [0.1, 0.15) is 28.2 Å². The zero-order valence-electron chi connectivity index (χ0n) is 17.2. The highest BCUT2D eigenvalue weighted by Gasteiger charge is 2.30. The molecule has 0 spiro atoms. The summed E-state index contributed by atoms with van der Waals surface area (Å²) in [5.74, 6) is 2.24. The van der Waals surface area contributed by atoms with E-state index in [2.05, 4.69) is 20.1 Å². The molecular formula is C22H21N5O4. The Hall–Kier alpha value is -3.72. The monoisotopic (exact) mass is 419 g/mol. The number of methoxy groups -OCH3 is 1. The fourth-order valence-electron chi connectivity index (χ4n) is 3.68. The molecule has 0 unspecified atom stereocenters. The van der Waals surface area contributed by atoms with Gasteiger partial charge in [-0.2, -0.15) is 4.98 Å². The number of nitrogens with one attached hydrogen (secondary N) is 1. The number of aryl methyl sites for hydroxylation is 1. The Morgan fingerprint density at radius 1 is 1.23 bits per heavy atom. The van der Waals surface area contributed by atoms with Gasteiger partial charge in [-0.05, 0) is 37.3 Å². The van der Waals surface area contributed by atoms with E-state index in [0.29, 0.717) is 42.7 Å². The van der Waals surface area contributed by atoms with E-state index < -0.39 is 6.10 Å². The molecule has 1 fully saturated rings. The number of imidazole rings is 1. The predicted octanol–water partition coefficient (Wildman–Crippen LogP) is 3.14. The fraction of sp³-hybridized carbons (Fsp3) is 0.273. The summed E-state index contributed by atoms with van der Waals surface area (Å²) >= 11 is 0. The number of nitrogens with zero attached hydrogens (tertiary/aromatic N) is 4. The maximum Gasteiger partial charge on any atom is 0.257 e. The van der Waals surface area contributed by atoms with Crippen molar-refractivity contribution in [2.75, 3.05) is 26.8 Å². The molecule has 158 valence electrons. The van der Waals surface area contributed by atoms with E-state index in [4.69, 9.17) is 14.0 Å². The molecule has 0 radical (unpaired) electrons. The quantitative estimate of drug-likeness (QED) is 0.541. The Labute approximate surface area is 178 Å². The average molecular weight is 419 g/mol. The number of carbonyl (C=O) groups excluding carboxylic acids is 1. The molecule has 1 atom stereocenters. The Balaban J connectivity index is 1.34. The number of morpholine rings is 1. The van der Waals surface area contributed by atoms with Crippen molar-refractivity contribution in [3.63, 3.8) is 0 Å². The molecule has 1 saturated heterocycles. The number of fused-ring (bicyclic) bond motifs is 1. The van der Waals surface area contributed by atoms with E-state index >= 15 is 0 Å². The summed E-state index contributed by atoms with van der Waals surface area (Å²) in [6.07, 6.45) is -0.484. The van der Waals surface area contributed by atoms with Gasteiger partial charge in [-0.1, -0.05) is 17.3 Å². The zero-order chi connectivity index (χ0) is 21.4. The summed E-state index contributed by atoms with van der Waals surface area (Å²) in [5.41, 5.74) is 3.05. The third-order valence-electron chi connectivity index (χ3n) is 5.25. The van der Waals surface area contributed by atoms with Crippen molar-refractivity contribution >= 4 is 16.9 Å². The van der Waals surface area contributed by atoms with Gasteiger partial charge in [0.2, 0.25) is 5.82 Å². The van der Waals surface area contributed by atoms with Crippen LogP contribution in [-0.4, -0.2) is 57.7 Å². The second-order valence-electron chi connectivity index (χ2n) is 7.35. The van der Waals surface area contributed by atoms with E-state index in [1.165, 1.54) is 0 Å². The van der Waals surface area contributed by atoms with Gasteiger partial charge in [-0.3, -0.25) is 4.79 Å². The van der Waals surface area contributed by atoms with Crippen LogP contribution < -0.4 is 4.74 Å². The maximum absolute atomic E-state index is 13.1. The maximum atomic E-state index is 13.1. The molecule has 2 aromatic heterocycles. The van der Waals surface area contributed by atoms with Gasteiger partial charge in [0.1, 0.15) is 11.6 Å². The second-order valence-corrected chi connectivity index (χ2v) is 7.35. The fourth-order valence-corrected chi connectivity index (χ4v) is 3.68. The van der Waals surface area contributed by atoms with Gasteiger partial charge in [0.15, 0.2) is 6.10 Å². The number of ether oxygens (including phenoxy) is 2. The van der Waals surface area contributed by atoms with Crippen LogP contribution in [0.25, 0.3) is 22.4 Å². The van der Waals surface area contributed by atoms with E-state index in [1.54, 1.807) is 18.1 Å². The van der Waals surface area contributed by atoms with Crippen LogP contribution in [0.4, 0.5) is 0 Å². The number of hydrogen-bond donors (Lipinski definition) is 1. The number of rotatable bonds is 4. The van der Waals surface area contributed by atoms with E-state index in [9.17, 15) is 4.79 Å². The van der Waals surface area contributed by atoms with E-state index in [-0.39, 0.29) is 5.91 Å². The minimum absolute atomic E-state index is 0.0741. The Morgan fingerprint density at radius 2 is 2.13 bits per heavy atom. The van der Waals surface area contributed by atoms with E-state index in [0.717, 1.165) is 22.4 Å². The number of amides is 1. The molecule has 4 aromatic rings. The summed E-state index contributed by atoms with van der Waals surface area (Å²) in [4.78, 5) is 26.9. The van der Waals surface area contributed by atoms with Gasteiger partial charge in [0.05, 0.1) is 31.3 Å². The minimum atomic E-state index is -0.484. The molecule has 31 heavy (non-hydrogen) atoms. The Morgan fingerprint density at radius 3 is 3.00 bits per heavy atom. The van der Waals surface area contributed by atoms with Crippen LogP contribution in [0.15, 0.2) is 47.0 Å². The third-order valence-corrected chi connectivity index (χ3v) is 5.25. The Bertz CT molecular complexity index is 1250. The number of H-pyrrole nitrogens is 1. The van der Waals surface area contributed by atoms with Gasteiger partial charge < -0.3 is 23.9 Å². The third kappa shape index (κ3) is 3.75. The second kappa shape index (κ2) is 7.84. The van der Waals surface area contributed by atoms with E-state index in [1.807, 2.05) is 43.3 Å². The van der Waals surface area contributed by atoms with Crippen molar-refractivity contribution in [2.45, 2.75) is 13.0 Å². The first-order valence-corrected chi connectivity index (χ1v) is 9.96. The average Bonchev–Trinajstić information content (AvgIpc) is 3.44. The van der Waals surface area contributed by atoms with Crippen molar-refractivity contribution in [3.05, 3.63) is 59.7 Å². The van der Waals surface area contributed by atoms with Crippen molar-refractivity contribution < 1.29 is 18.8 Å². The molecule has 5 rings (SSSR count). The first kappa shape index (κ1) is 19.3. The number of carbonyl (C=O) groups is 1. The number of aromatic nitrogens is 4. The zero-order valence-corrected chi connectivity index (χ0v) is 17.2. The topological polar surface area (TPSA) is 106 Å². The van der Waals surface area contributed by atoms with Crippen molar-refractivity contribution in [3.8, 4) is 17.1 Å². The molecular weight excluding hydrogens is 398 g/mol. The van der Waals surface area contributed by atoms with Crippen LogP contribution >= 0.6 is 0 Å². The number of aromatic amines is 1. The molecule has 1 aliphatic heterocycles. The molecule has 0 bridgehead atoms. The summed E-state index contributed by atoms with van der Waals surface area (Å²) in [6.45, 7) is 3.10. The molecule has 9 nitrogen and oxygen atoms in total. The molecule has 0 saturated carbocycles. The molecule has 1 N–H and O–H groups in total. The number of benzene rings is 2. The molecule has 3 heterocycles. The van der Waals surface area contributed by atoms with Gasteiger partial charge in [-0.15, -0.1) is 0 Å². The van der Waals surface area contributed by atoms with Crippen molar-refractivity contribution in [2.24, 2.45) is 0 Å². The highest BCUT2D eigenvalue weighted by molar-refractivity contribution is 5.97. The summed E-state index contributed by atoms with van der Waals surface area (Å²) < 4.78 is 16.5. The Kier molecular flexibility index (Phi) is 4.87. The molecule has 2 aromatic carbocycles. The normalized spacial score (nSPS) is 16.6. The van der Waals surface area contributed by atoms with Crippen LogP contribution in [0.5, 0.6) is 5.75 Å². The largest absolute Gasteiger partial charge is 0.497 e. The summed E-state index contributed by atoms with van der Waals surface area (Å²) in [5, 5.41) is 4.07. The summed E-state index contributed by atoms with van der Waals surface area (Å²) in [6, 6.07) is 12.9. The first-order valence-electron chi connectivity index (χ1n) is 9.96. The molecule has 0 aliphatic carbocycles. The molecule has 1 amide bonds. The van der Waals surface area contributed by atoms with Crippen LogP contribution in [0.2, 0.25) is 0 Å². The standard InChI is InChI=1S/C22H21N5O4/c1-13-23-17-7-6-15(11-18(17)24-13)22(28)27-8-9-30-19(12-27)21-25-20(26-31-21)14-4-3-5-16(10-14)29-2/h3-7,10-11,19H,8-9,12H2,1-2H3,(H,23,24)/t19-/m0/s1.